The molecule has 0 saturated heterocycles. The number of alkyl halides is 3. The average Bonchev–Trinajstić information content (AvgIpc) is 2.11. The van der Waals surface area contributed by atoms with Gasteiger partial charge in [-0.2, -0.15) is 8.78 Å². The van der Waals surface area contributed by atoms with Crippen LogP contribution in [0.4, 0.5) is 8.78 Å². The van der Waals surface area contributed by atoms with Gasteiger partial charge in [0.25, 0.3) is 0 Å². The maximum Gasteiger partial charge on any atom is 0.334 e. The summed E-state index contributed by atoms with van der Waals surface area (Å²) in [5.41, 5.74) is -1.54. The van der Waals surface area contributed by atoms with Crippen LogP contribution >= 0.6 is 15.9 Å². The van der Waals surface area contributed by atoms with Gasteiger partial charge in [-0.25, -0.2) is 0 Å². The maximum atomic E-state index is 12.2. The summed E-state index contributed by atoms with van der Waals surface area (Å²) in [6, 6.07) is 0. The standard InChI is InChI=1S/C7H11BrF2O4/c1-6(2-11,3-12)5(13)14-4-7(8,9)10/h11-12H,2-4H2,1H3. The molecule has 0 radical (unpaired) electrons. The van der Waals surface area contributed by atoms with E-state index in [4.69, 9.17) is 10.2 Å². The van der Waals surface area contributed by atoms with E-state index in [2.05, 4.69) is 4.74 Å². The van der Waals surface area contributed by atoms with E-state index in [1.54, 1.807) is 0 Å². The van der Waals surface area contributed by atoms with Crippen molar-refractivity contribution in [3.63, 3.8) is 0 Å². The van der Waals surface area contributed by atoms with Gasteiger partial charge in [-0.15, -0.1) is 0 Å². The number of rotatable bonds is 5. The monoisotopic (exact) mass is 276 g/mol. The van der Waals surface area contributed by atoms with Gasteiger partial charge < -0.3 is 14.9 Å². The van der Waals surface area contributed by atoms with Gasteiger partial charge in [0.15, 0.2) is 6.61 Å². The minimum atomic E-state index is -3.30. The summed E-state index contributed by atoms with van der Waals surface area (Å²) in [6.07, 6.45) is 0. The molecule has 0 aliphatic heterocycles. The van der Waals surface area contributed by atoms with Gasteiger partial charge in [-0.3, -0.25) is 4.79 Å². The minimum Gasteiger partial charge on any atom is -0.458 e. The molecule has 0 aliphatic rings. The van der Waals surface area contributed by atoms with Crippen molar-refractivity contribution in [3.8, 4) is 0 Å². The second-order valence-electron chi connectivity index (χ2n) is 3.07. The summed E-state index contributed by atoms with van der Waals surface area (Å²) in [5, 5.41) is 17.5. The number of aliphatic hydroxyl groups is 2. The lowest BCUT2D eigenvalue weighted by atomic mass is 9.93. The van der Waals surface area contributed by atoms with Crippen LogP contribution in [0.15, 0.2) is 0 Å². The third-order valence-electron chi connectivity index (χ3n) is 1.56. The number of carbonyl (C=O) groups excluding carboxylic acids is 1. The Hall–Kier alpha value is -0.270. The lowest BCUT2D eigenvalue weighted by Gasteiger charge is -2.22. The molecule has 4 nitrogen and oxygen atoms in total. The molecule has 0 fully saturated rings. The van der Waals surface area contributed by atoms with Crippen LogP contribution in [0.25, 0.3) is 0 Å². The quantitative estimate of drug-likeness (QED) is 0.567. The van der Waals surface area contributed by atoms with Crippen molar-refractivity contribution in [2.75, 3.05) is 19.8 Å². The minimum absolute atomic E-state index is 0.670. The SMILES string of the molecule is CC(CO)(CO)C(=O)OCC(F)(F)Br. The first kappa shape index (κ1) is 13.7. The summed E-state index contributed by atoms with van der Waals surface area (Å²) >= 11 is 1.98. The van der Waals surface area contributed by atoms with Crippen LogP contribution < -0.4 is 0 Å². The van der Waals surface area contributed by atoms with E-state index in [1.165, 1.54) is 6.92 Å². The molecule has 0 aliphatic carbocycles. The molecular weight excluding hydrogens is 266 g/mol. The Morgan fingerprint density at radius 1 is 1.43 bits per heavy atom. The maximum absolute atomic E-state index is 12.2. The van der Waals surface area contributed by atoms with Crippen LogP contribution in [-0.2, 0) is 9.53 Å². The van der Waals surface area contributed by atoms with Crippen LogP contribution in [0, 0.1) is 5.41 Å². The van der Waals surface area contributed by atoms with Crippen LogP contribution in [-0.4, -0.2) is 40.8 Å². The first-order chi connectivity index (χ1) is 6.25. The highest BCUT2D eigenvalue weighted by atomic mass is 79.9. The summed E-state index contributed by atoms with van der Waals surface area (Å²) in [5.74, 6) is -1.07. The van der Waals surface area contributed by atoms with E-state index in [1.807, 2.05) is 15.9 Å². The topological polar surface area (TPSA) is 66.8 Å². The molecule has 2 N–H and O–H groups in total. The van der Waals surface area contributed by atoms with E-state index >= 15 is 0 Å². The molecule has 0 aromatic rings. The smallest absolute Gasteiger partial charge is 0.334 e. The molecule has 0 aromatic heterocycles. The molecule has 0 spiro atoms. The van der Waals surface area contributed by atoms with Crippen molar-refractivity contribution < 1.29 is 28.5 Å². The van der Waals surface area contributed by atoms with Gasteiger partial charge in [-0.1, -0.05) is 0 Å². The van der Waals surface area contributed by atoms with Crippen LogP contribution in [0.2, 0.25) is 0 Å². The predicted molar refractivity (Wildman–Crippen MR) is 47.1 cm³/mol. The fourth-order valence-electron chi connectivity index (χ4n) is 0.501. The molecule has 0 bridgehead atoms. The average molecular weight is 277 g/mol. The number of esters is 1. The van der Waals surface area contributed by atoms with Crippen molar-refractivity contribution in [1.29, 1.82) is 0 Å². The zero-order valence-corrected chi connectivity index (χ0v) is 9.05. The van der Waals surface area contributed by atoms with Gasteiger partial charge in [0, 0.05) is 0 Å². The third kappa shape index (κ3) is 4.30. The Labute approximate surface area is 88.0 Å². The second-order valence-corrected chi connectivity index (χ2v) is 4.23. The fourth-order valence-corrected chi connectivity index (χ4v) is 0.615. The molecule has 84 valence electrons. The number of aliphatic hydroxyl groups excluding tert-OH is 2. The van der Waals surface area contributed by atoms with E-state index in [-0.39, 0.29) is 0 Å². The zero-order chi connectivity index (χ0) is 11.4. The highest BCUT2D eigenvalue weighted by Crippen LogP contribution is 2.24. The zero-order valence-electron chi connectivity index (χ0n) is 7.47. The fraction of sp³-hybridized carbons (Fsp3) is 0.857. The van der Waals surface area contributed by atoms with Gasteiger partial charge in [-0.05, 0) is 22.9 Å². The number of hydrogen-bond donors (Lipinski definition) is 2. The summed E-state index contributed by atoms with van der Waals surface area (Å²) < 4.78 is 28.6. The lowest BCUT2D eigenvalue weighted by molar-refractivity contribution is -0.165. The summed E-state index contributed by atoms with van der Waals surface area (Å²) in [6.45, 7) is -1.27. The molecule has 0 rings (SSSR count). The van der Waals surface area contributed by atoms with Crippen molar-refractivity contribution in [2.24, 2.45) is 5.41 Å². The van der Waals surface area contributed by atoms with Crippen molar-refractivity contribution in [1.82, 2.24) is 0 Å². The third-order valence-corrected chi connectivity index (χ3v) is 1.79. The van der Waals surface area contributed by atoms with Crippen LogP contribution in [0.5, 0.6) is 0 Å². The van der Waals surface area contributed by atoms with Gasteiger partial charge in [0.1, 0.15) is 5.41 Å². The van der Waals surface area contributed by atoms with E-state index in [0.29, 0.717) is 0 Å². The largest absolute Gasteiger partial charge is 0.458 e. The summed E-state index contributed by atoms with van der Waals surface area (Å²) in [4.78, 5) is 7.78. The first-order valence-electron chi connectivity index (χ1n) is 3.71. The van der Waals surface area contributed by atoms with Crippen molar-refractivity contribution in [3.05, 3.63) is 0 Å². The Morgan fingerprint density at radius 3 is 2.14 bits per heavy atom. The van der Waals surface area contributed by atoms with Gasteiger partial charge in [0.05, 0.1) is 13.2 Å². The van der Waals surface area contributed by atoms with Gasteiger partial charge >= 0.3 is 10.8 Å². The molecular formula is C7H11BrF2O4. The normalized spacial score (nSPS) is 12.7. The van der Waals surface area contributed by atoms with Crippen LogP contribution in [0.1, 0.15) is 6.92 Å². The molecule has 0 saturated carbocycles. The Kier molecular flexibility index (Phi) is 4.90. The predicted octanol–water partition coefficient (Wildman–Crippen LogP) is 0.508. The molecule has 0 atom stereocenters. The molecule has 0 heterocycles. The van der Waals surface area contributed by atoms with E-state index in [9.17, 15) is 13.6 Å². The number of carbonyl (C=O) groups is 1. The Balaban J connectivity index is 4.20. The molecule has 14 heavy (non-hydrogen) atoms. The molecule has 7 heteroatoms. The van der Waals surface area contributed by atoms with Crippen molar-refractivity contribution in [2.45, 2.75) is 11.8 Å². The lowest BCUT2D eigenvalue weighted by Crippen LogP contribution is -2.38. The number of hydrogen-bond acceptors (Lipinski definition) is 4. The summed E-state index contributed by atoms with van der Waals surface area (Å²) in [7, 11) is 0. The second kappa shape index (κ2) is 4.99. The highest BCUT2D eigenvalue weighted by molar-refractivity contribution is 9.10. The Morgan fingerprint density at radius 2 is 1.86 bits per heavy atom. The van der Waals surface area contributed by atoms with Crippen molar-refractivity contribution >= 4 is 21.9 Å². The molecule has 0 unspecified atom stereocenters. The highest BCUT2D eigenvalue weighted by Gasteiger charge is 2.36. The van der Waals surface area contributed by atoms with Crippen LogP contribution in [0.3, 0.4) is 0 Å². The van der Waals surface area contributed by atoms with Gasteiger partial charge in [0.2, 0.25) is 0 Å². The van der Waals surface area contributed by atoms with E-state index < -0.39 is 36.0 Å². The first-order valence-corrected chi connectivity index (χ1v) is 4.50. The number of ether oxygens (including phenoxy) is 1. The molecule has 0 aromatic carbocycles. The Bertz CT molecular complexity index is 200. The molecule has 0 amide bonds. The van der Waals surface area contributed by atoms with E-state index in [0.717, 1.165) is 0 Å². The number of halogens is 3.